The highest BCUT2D eigenvalue weighted by Crippen LogP contribution is 2.24. The third-order valence-electron chi connectivity index (χ3n) is 3.10. The number of hydrogen-bond donors (Lipinski definition) is 2. The average Bonchev–Trinajstić information content (AvgIpc) is 2.74. The van der Waals surface area contributed by atoms with Crippen LogP contribution in [0.25, 0.3) is 0 Å². The summed E-state index contributed by atoms with van der Waals surface area (Å²) < 4.78 is 5.28. The molecule has 3 N–H and O–H groups in total. The van der Waals surface area contributed by atoms with Gasteiger partial charge < -0.3 is 15.8 Å². The molecule has 0 radical (unpaired) electrons. The molecule has 0 aromatic rings. The van der Waals surface area contributed by atoms with Crippen LogP contribution < -0.4 is 11.1 Å². The Morgan fingerprint density at radius 2 is 2.24 bits per heavy atom. The van der Waals surface area contributed by atoms with Gasteiger partial charge in [-0.05, 0) is 18.3 Å². The highest BCUT2D eigenvalue weighted by atomic mass is 16.5. The van der Waals surface area contributed by atoms with Gasteiger partial charge in [0.15, 0.2) is 0 Å². The van der Waals surface area contributed by atoms with Crippen LogP contribution in [0.3, 0.4) is 0 Å². The summed E-state index contributed by atoms with van der Waals surface area (Å²) >= 11 is 0. The Balaban J connectivity index is 2.32. The maximum Gasteiger partial charge on any atom is 0.224 e. The van der Waals surface area contributed by atoms with Crippen LogP contribution in [0.15, 0.2) is 0 Å². The predicted octanol–water partition coefficient (Wildman–Crippen LogP) is 1.15. The predicted molar refractivity (Wildman–Crippen MR) is 68.6 cm³/mol. The molecule has 1 fully saturated rings. The summed E-state index contributed by atoms with van der Waals surface area (Å²) in [4.78, 5) is 12.0. The SMILES string of the molecule is CC(C)(C)CC(CN)C(=O)NCC1CCOC1. The van der Waals surface area contributed by atoms with Crippen molar-refractivity contribution in [1.29, 1.82) is 0 Å². The van der Waals surface area contributed by atoms with Gasteiger partial charge in [0.1, 0.15) is 0 Å². The summed E-state index contributed by atoms with van der Waals surface area (Å²) in [5.74, 6) is 0.499. The minimum Gasteiger partial charge on any atom is -0.381 e. The van der Waals surface area contributed by atoms with Crippen LogP contribution in [0.4, 0.5) is 0 Å². The highest BCUT2D eigenvalue weighted by molar-refractivity contribution is 5.78. The van der Waals surface area contributed by atoms with Crippen molar-refractivity contribution in [3.8, 4) is 0 Å². The fourth-order valence-electron chi connectivity index (χ4n) is 2.16. The van der Waals surface area contributed by atoms with Gasteiger partial charge in [-0.1, -0.05) is 20.8 Å². The van der Waals surface area contributed by atoms with E-state index in [0.29, 0.717) is 12.5 Å². The minimum absolute atomic E-state index is 0.0719. The molecule has 0 saturated carbocycles. The molecule has 0 bridgehead atoms. The van der Waals surface area contributed by atoms with Crippen molar-refractivity contribution >= 4 is 5.91 Å². The van der Waals surface area contributed by atoms with E-state index in [0.717, 1.165) is 32.6 Å². The zero-order chi connectivity index (χ0) is 12.9. The molecule has 4 heteroatoms. The van der Waals surface area contributed by atoms with Crippen molar-refractivity contribution in [2.45, 2.75) is 33.6 Å². The zero-order valence-corrected chi connectivity index (χ0v) is 11.3. The third-order valence-corrected chi connectivity index (χ3v) is 3.10. The Morgan fingerprint density at radius 1 is 1.53 bits per heavy atom. The molecule has 4 nitrogen and oxygen atoms in total. The van der Waals surface area contributed by atoms with Crippen LogP contribution in [0.1, 0.15) is 33.6 Å². The van der Waals surface area contributed by atoms with E-state index < -0.39 is 0 Å². The lowest BCUT2D eigenvalue weighted by Gasteiger charge is -2.24. The zero-order valence-electron chi connectivity index (χ0n) is 11.3. The van der Waals surface area contributed by atoms with Crippen molar-refractivity contribution in [1.82, 2.24) is 5.32 Å². The molecule has 2 atom stereocenters. The molecule has 1 saturated heterocycles. The second kappa shape index (κ2) is 6.36. The van der Waals surface area contributed by atoms with Crippen molar-refractivity contribution in [2.75, 3.05) is 26.3 Å². The molecule has 0 spiro atoms. The monoisotopic (exact) mass is 242 g/mol. The molecule has 0 aliphatic carbocycles. The molecular weight excluding hydrogens is 216 g/mol. The van der Waals surface area contributed by atoms with Gasteiger partial charge in [0.05, 0.1) is 12.5 Å². The van der Waals surface area contributed by atoms with Crippen molar-refractivity contribution < 1.29 is 9.53 Å². The number of nitrogens with one attached hydrogen (secondary N) is 1. The lowest BCUT2D eigenvalue weighted by Crippen LogP contribution is -2.39. The molecule has 1 heterocycles. The Morgan fingerprint density at radius 3 is 2.71 bits per heavy atom. The van der Waals surface area contributed by atoms with E-state index >= 15 is 0 Å². The Bertz CT molecular complexity index is 242. The molecule has 0 aromatic heterocycles. The first kappa shape index (κ1) is 14.5. The van der Waals surface area contributed by atoms with Gasteiger partial charge in [-0.25, -0.2) is 0 Å². The maximum atomic E-state index is 12.0. The summed E-state index contributed by atoms with van der Waals surface area (Å²) in [6.45, 7) is 9.13. The number of hydrogen-bond acceptors (Lipinski definition) is 3. The normalized spacial score (nSPS) is 22.5. The molecule has 0 aromatic carbocycles. The van der Waals surface area contributed by atoms with Crippen LogP contribution >= 0.6 is 0 Å². The maximum absolute atomic E-state index is 12.0. The lowest BCUT2D eigenvalue weighted by molar-refractivity contribution is -0.125. The molecule has 1 amide bonds. The van der Waals surface area contributed by atoms with Gasteiger partial charge in [0.25, 0.3) is 0 Å². The summed E-state index contributed by atoms with van der Waals surface area (Å²) in [6.07, 6.45) is 1.88. The first-order valence-corrected chi connectivity index (χ1v) is 6.48. The quantitative estimate of drug-likeness (QED) is 0.760. The Kier molecular flexibility index (Phi) is 5.40. The largest absolute Gasteiger partial charge is 0.381 e. The molecule has 2 unspecified atom stereocenters. The molecule has 1 rings (SSSR count). The summed E-state index contributed by atoms with van der Waals surface area (Å²) in [7, 11) is 0. The first-order chi connectivity index (χ1) is 7.92. The average molecular weight is 242 g/mol. The molecule has 1 aliphatic rings. The van der Waals surface area contributed by atoms with Crippen LogP contribution in [-0.2, 0) is 9.53 Å². The summed E-state index contributed by atoms with van der Waals surface area (Å²) in [5.41, 5.74) is 5.82. The van der Waals surface area contributed by atoms with E-state index in [1.807, 2.05) is 0 Å². The van der Waals surface area contributed by atoms with Crippen LogP contribution in [0.2, 0.25) is 0 Å². The van der Waals surface area contributed by atoms with Crippen molar-refractivity contribution in [2.24, 2.45) is 23.0 Å². The second-order valence-corrected chi connectivity index (χ2v) is 6.17. The topological polar surface area (TPSA) is 64.4 Å². The van der Waals surface area contributed by atoms with Gasteiger partial charge in [0, 0.05) is 25.6 Å². The van der Waals surface area contributed by atoms with E-state index in [1.165, 1.54) is 0 Å². The number of rotatable bonds is 5. The minimum atomic E-state index is -0.0719. The van der Waals surface area contributed by atoms with Crippen molar-refractivity contribution in [3.05, 3.63) is 0 Å². The molecule has 17 heavy (non-hydrogen) atoms. The third kappa shape index (κ3) is 5.50. The van der Waals surface area contributed by atoms with Gasteiger partial charge in [-0.15, -0.1) is 0 Å². The van der Waals surface area contributed by atoms with Gasteiger partial charge >= 0.3 is 0 Å². The highest BCUT2D eigenvalue weighted by Gasteiger charge is 2.24. The number of carbonyl (C=O) groups is 1. The summed E-state index contributed by atoms with van der Waals surface area (Å²) in [5, 5.41) is 3.00. The molecule has 1 aliphatic heterocycles. The van der Waals surface area contributed by atoms with E-state index in [1.54, 1.807) is 0 Å². The van der Waals surface area contributed by atoms with E-state index in [2.05, 4.69) is 26.1 Å². The first-order valence-electron chi connectivity index (χ1n) is 6.48. The smallest absolute Gasteiger partial charge is 0.224 e. The van der Waals surface area contributed by atoms with Crippen LogP contribution in [0.5, 0.6) is 0 Å². The van der Waals surface area contributed by atoms with E-state index in [4.69, 9.17) is 10.5 Å². The molecule has 100 valence electrons. The standard InChI is InChI=1S/C13H26N2O2/c1-13(2,3)6-11(7-14)12(16)15-8-10-4-5-17-9-10/h10-11H,4-9,14H2,1-3H3,(H,15,16). The number of nitrogens with two attached hydrogens (primary N) is 1. The van der Waals surface area contributed by atoms with Gasteiger partial charge in [-0.2, -0.15) is 0 Å². The Labute approximate surface area is 104 Å². The van der Waals surface area contributed by atoms with Gasteiger partial charge in [-0.3, -0.25) is 4.79 Å². The lowest BCUT2D eigenvalue weighted by atomic mass is 9.84. The van der Waals surface area contributed by atoms with Gasteiger partial charge in [0.2, 0.25) is 5.91 Å². The fraction of sp³-hybridized carbons (Fsp3) is 0.923. The fourth-order valence-corrected chi connectivity index (χ4v) is 2.16. The van der Waals surface area contributed by atoms with E-state index in [9.17, 15) is 4.79 Å². The summed E-state index contributed by atoms with van der Waals surface area (Å²) in [6, 6.07) is 0. The molecular formula is C13H26N2O2. The second-order valence-electron chi connectivity index (χ2n) is 6.17. The van der Waals surface area contributed by atoms with Crippen molar-refractivity contribution in [3.63, 3.8) is 0 Å². The number of ether oxygens (including phenoxy) is 1. The van der Waals surface area contributed by atoms with E-state index in [-0.39, 0.29) is 17.2 Å². The number of carbonyl (C=O) groups excluding carboxylic acids is 1. The van der Waals surface area contributed by atoms with Crippen LogP contribution in [-0.4, -0.2) is 32.2 Å². The Hall–Kier alpha value is -0.610. The van der Waals surface area contributed by atoms with Crippen LogP contribution in [0, 0.1) is 17.3 Å². The number of amides is 1.